The number of carbonyl (C=O) groups is 1. The monoisotopic (exact) mass is 327 g/mol. The molecule has 1 fully saturated rings. The smallest absolute Gasteiger partial charge is 0.252 e. The lowest BCUT2D eigenvalue weighted by Gasteiger charge is -2.35. The highest BCUT2D eigenvalue weighted by molar-refractivity contribution is 9.09. The van der Waals surface area contributed by atoms with Gasteiger partial charge in [0.1, 0.15) is 5.75 Å². The zero-order valence-corrected chi connectivity index (χ0v) is 12.3. The average molecular weight is 328 g/mol. The number of nitrogens with two attached hydrogens (primary N) is 1. The normalized spacial score (nSPS) is 17.9. The predicted molar refractivity (Wildman–Crippen MR) is 76.7 cm³/mol. The van der Waals surface area contributed by atoms with Crippen molar-refractivity contribution >= 4 is 21.8 Å². The minimum Gasteiger partial charge on any atom is -0.492 e. The van der Waals surface area contributed by atoms with Crippen molar-refractivity contribution in [3.63, 3.8) is 0 Å². The number of para-hydroxylation sites is 1. The van der Waals surface area contributed by atoms with Crippen LogP contribution < -0.4 is 10.5 Å². The lowest BCUT2D eigenvalue weighted by Crippen LogP contribution is -2.37. The summed E-state index contributed by atoms with van der Waals surface area (Å²) < 4.78 is 11.2. The van der Waals surface area contributed by atoms with E-state index in [1.54, 1.807) is 18.2 Å². The molecular weight excluding hydrogens is 310 g/mol. The number of carbonyl (C=O) groups excluding carboxylic acids is 1. The predicted octanol–water partition coefficient (Wildman–Crippen LogP) is 2.36. The molecule has 1 amide bonds. The number of ether oxygens (including phenoxy) is 2. The number of amides is 1. The van der Waals surface area contributed by atoms with Crippen LogP contribution in [0.5, 0.6) is 5.75 Å². The molecule has 0 aromatic heterocycles. The molecule has 19 heavy (non-hydrogen) atoms. The highest BCUT2D eigenvalue weighted by Crippen LogP contribution is 2.33. The van der Waals surface area contributed by atoms with Gasteiger partial charge in [0.05, 0.1) is 12.2 Å². The second kappa shape index (κ2) is 6.39. The van der Waals surface area contributed by atoms with Crippen LogP contribution in [0.2, 0.25) is 0 Å². The van der Waals surface area contributed by atoms with Gasteiger partial charge in [-0.3, -0.25) is 4.79 Å². The van der Waals surface area contributed by atoms with Gasteiger partial charge in [-0.25, -0.2) is 0 Å². The number of hydrogen-bond acceptors (Lipinski definition) is 3. The Morgan fingerprint density at radius 2 is 2.05 bits per heavy atom. The summed E-state index contributed by atoms with van der Waals surface area (Å²) in [6, 6.07) is 7.08. The molecule has 0 atom stereocenters. The average Bonchev–Trinajstić information content (AvgIpc) is 2.46. The topological polar surface area (TPSA) is 61.6 Å². The first-order valence-electron chi connectivity index (χ1n) is 6.32. The van der Waals surface area contributed by atoms with E-state index in [2.05, 4.69) is 15.9 Å². The van der Waals surface area contributed by atoms with Gasteiger partial charge in [-0.15, -0.1) is 0 Å². The van der Waals surface area contributed by atoms with E-state index in [1.165, 1.54) is 0 Å². The molecule has 4 nitrogen and oxygen atoms in total. The van der Waals surface area contributed by atoms with Crippen molar-refractivity contribution in [2.24, 2.45) is 11.1 Å². The van der Waals surface area contributed by atoms with Crippen molar-refractivity contribution in [3.05, 3.63) is 29.8 Å². The van der Waals surface area contributed by atoms with Crippen molar-refractivity contribution < 1.29 is 14.3 Å². The van der Waals surface area contributed by atoms with E-state index in [9.17, 15) is 4.79 Å². The molecule has 0 radical (unpaired) electrons. The Bertz CT molecular complexity index is 444. The van der Waals surface area contributed by atoms with Gasteiger partial charge in [-0.2, -0.15) is 0 Å². The van der Waals surface area contributed by atoms with Crippen LogP contribution in [0.4, 0.5) is 0 Å². The molecule has 1 aliphatic rings. The summed E-state index contributed by atoms with van der Waals surface area (Å²) in [5.74, 6) is 0.0947. The summed E-state index contributed by atoms with van der Waals surface area (Å²) in [4.78, 5) is 11.3. The van der Waals surface area contributed by atoms with Gasteiger partial charge in [0.15, 0.2) is 0 Å². The Balaban J connectivity index is 2.07. The molecule has 1 aromatic rings. The third-order valence-electron chi connectivity index (χ3n) is 3.52. The van der Waals surface area contributed by atoms with Crippen LogP contribution in [0.15, 0.2) is 24.3 Å². The highest BCUT2D eigenvalue weighted by Gasteiger charge is 2.32. The minimum atomic E-state index is -0.463. The van der Waals surface area contributed by atoms with Gasteiger partial charge >= 0.3 is 0 Å². The zero-order chi connectivity index (χ0) is 13.7. The van der Waals surface area contributed by atoms with Crippen molar-refractivity contribution in [3.8, 4) is 5.75 Å². The molecule has 2 N–H and O–H groups in total. The van der Waals surface area contributed by atoms with Crippen LogP contribution in [-0.2, 0) is 4.74 Å². The van der Waals surface area contributed by atoms with Gasteiger partial charge in [0, 0.05) is 24.0 Å². The summed E-state index contributed by atoms with van der Waals surface area (Å²) in [6.07, 6.45) is 1.91. The van der Waals surface area contributed by atoms with E-state index in [0.29, 0.717) is 17.9 Å². The summed E-state index contributed by atoms with van der Waals surface area (Å²) >= 11 is 3.56. The Labute approximate surface area is 121 Å². The Hall–Kier alpha value is -1.07. The molecule has 1 heterocycles. The van der Waals surface area contributed by atoms with E-state index >= 15 is 0 Å². The molecule has 1 aromatic carbocycles. The van der Waals surface area contributed by atoms with Crippen LogP contribution in [0.3, 0.4) is 0 Å². The van der Waals surface area contributed by atoms with Crippen LogP contribution in [0.1, 0.15) is 23.2 Å². The van der Waals surface area contributed by atoms with Crippen LogP contribution in [-0.4, -0.2) is 31.1 Å². The fourth-order valence-electron chi connectivity index (χ4n) is 2.15. The lowest BCUT2D eigenvalue weighted by atomic mass is 9.83. The van der Waals surface area contributed by atoms with E-state index in [0.717, 1.165) is 31.4 Å². The highest BCUT2D eigenvalue weighted by atomic mass is 79.9. The second-order valence-corrected chi connectivity index (χ2v) is 5.46. The summed E-state index contributed by atoms with van der Waals surface area (Å²) in [7, 11) is 0. The first-order chi connectivity index (χ1) is 9.17. The van der Waals surface area contributed by atoms with E-state index < -0.39 is 5.91 Å². The van der Waals surface area contributed by atoms with Gasteiger partial charge < -0.3 is 15.2 Å². The van der Waals surface area contributed by atoms with Crippen LogP contribution >= 0.6 is 15.9 Å². The number of halogens is 1. The number of hydrogen-bond donors (Lipinski definition) is 1. The lowest BCUT2D eigenvalue weighted by molar-refractivity contribution is 0.00340. The molecular formula is C14H18BrNO3. The first kappa shape index (κ1) is 14.3. The van der Waals surface area contributed by atoms with Gasteiger partial charge in [0.2, 0.25) is 0 Å². The number of primary amides is 1. The Morgan fingerprint density at radius 1 is 1.37 bits per heavy atom. The maximum absolute atomic E-state index is 11.3. The maximum Gasteiger partial charge on any atom is 0.252 e. The number of alkyl halides is 1. The minimum absolute atomic E-state index is 0.0724. The third kappa shape index (κ3) is 3.48. The van der Waals surface area contributed by atoms with Crippen LogP contribution in [0, 0.1) is 5.41 Å². The summed E-state index contributed by atoms with van der Waals surface area (Å²) in [5, 5.41) is 0.863. The van der Waals surface area contributed by atoms with Crippen LogP contribution in [0.25, 0.3) is 0 Å². The molecule has 2 rings (SSSR count). The quantitative estimate of drug-likeness (QED) is 0.844. The van der Waals surface area contributed by atoms with E-state index in [-0.39, 0.29) is 5.41 Å². The third-order valence-corrected chi connectivity index (χ3v) is 4.71. The molecule has 0 unspecified atom stereocenters. The zero-order valence-electron chi connectivity index (χ0n) is 10.7. The molecule has 1 aliphatic heterocycles. The van der Waals surface area contributed by atoms with Crippen molar-refractivity contribution in [1.29, 1.82) is 0 Å². The van der Waals surface area contributed by atoms with E-state index in [4.69, 9.17) is 15.2 Å². The molecule has 0 bridgehead atoms. The number of benzene rings is 1. The molecule has 0 saturated carbocycles. The summed E-state index contributed by atoms with van der Waals surface area (Å²) in [5.41, 5.74) is 5.84. The molecule has 1 saturated heterocycles. The number of rotatable bonds is 5. The van der Waals surface area contributed by atoms with Gasteiger partial charge in [-0.1, -0.05) is 28.1 Å². The molecule has 0 spiro atoms. The van der Waals surface area contributed by atoms with Crippen molar-refractivity contribution in [2.45, 2.75) is 12.8 Å². The van der Waals surface area contributed by atoms with Crippen molar-refractivity contribution in [1.82, 2.24) is 0 Å². The standard InChI is InChI=1S/C14H18BrNO3/c15-9-14(5-7-18-8-6-14)10-19-12-4-2-1-3-11(12)13(16)17/h1-4H,5-10H2,(H2,16,17). The first-order valence-corrected chi connectivity index (χ1v) is 7.44. The van der Waals surface area contributed by atoms with E-state index in [1.807, 2.05) is 6.07 Å². The molecule has 0 aliphatic carbocycles. The van der Waals surface area contributed by atoms with Gasteiger partial charge in [0.25, 0.3) is 5.91 Å². The summed E-state index contributed by atoms with van der Waals surface area (Å²) in [6.45, 7) is 2.07. The van der Waals surface area contributed by atoms with Crippen molar-refractivity contribution in [2.75, 3.05) is 25.2 Å². The Morgan fingerprint density at radius 3 is 2.68 bits per heavy atom. The molecule has 5 heteroatoms. The fraction of sp³-hybridized carbons (Fsp3) is 0.500. The van der Waals surface area contributed by atoms with Gasteiger partial charge in [-0.05, 0) is 25.0 Å². The fourth-order valence-corrected chi connectivity index (χ4v) is 2.87. The second-order valence-electron chi connectivity index (χ2n) is 4.90. The largest absolute Gasteiger partial charge is 0.492 e. The SMILES string of the molecule is NC(=O)c1ccccc1OCC1(CBr)CCOCC1. The maximum atomic E-state index is 11.3. The molecule has 104 valence electrons. The Kier molecular flexibility index (Phi) is 4.82.